The second-order valence-electron chi connectivity index (χ2n) is 4.83. The van der Waals surface area contributed by atoms with Crippen LogP contribution in [0, 0.1) is 19.3 Å². The average molecular weight is 292 g/mol. The van der Waals surface area contributed by atoms with E-state index >= 15 is 0 Å². The van der Waals surface area contributed by atoms with Crippen molar-refractivity contribution in [3.63, 3.8) is 0 Å². The average Bonchev–Trinajstić information content (AvgIpc) is 2.52. The molecule has 0 saturated carbocycles. The van der Waals surface area contributed by atoms with E-state index in [9.17, 15) is 9.59 Å². The smallest absolute Gasteiger partial charge is 0.251 e. The molecule has 2 N–H and O–H groups in total. The Kier molecular flexibility index (Phi) is 4.94. The largest absolute Gasteiger partial charge is 0.343 e. The molecule has 0 spiro atoms. The van der Waals surface area contributed by atoms with Gasteiger partial charge in [0.25, 0.3) is 5.91 Å². The Morgan fingerprint density at radius 1 is 1.14 bits per heavy atom. The Balaban J connectivity index is 1.90. The molecular weight excluding hydrogens is 276 g/mol. The van der Waals surface area contributed by atoms with Crippen LogP contribution in [-0.2, 0) is 4.79 Å². The number of anilines is 1. The highest BCUT2D eigenvalue weighted by Gasteiger charge is 2.08. The maximum absolute atomic E-state index is 11.9. The van der Waals surface area contributed by atoms with Gasteiger partial charge < -0.3 is 10.6 Å². The zero-order chi connectivity index (χ0) is 15.9. The van der Waals surface area contributed by atoms with Gasteiger partial charge in [-0.15, -0.1) is 6.42 Å². The quantitative estimate of drug-likeness (QED) is 0.850. The third-order valence-electron chi connectivity index (χ3n) is 3.00. The fourth-order valence-electron chi connectivity index (χ4n) is 1.94. The van der Waals surface area contributed by atoms with Crippen molar-refractivity contribution < 1.29 is 9.59 Å². The number of benzene rings is 2. The van der Waals surface area contributed by atoms with Gasteiger partial charge in [0.05, 0.1) is 6.54 Å². The molecule has 2 amide bonds. The van der Waals surface area contributed by atoms with E-state index in [0.29, 0.717) is 16.8 Å². The number of nitrogens with one attached hydrogen (secondary N) is 2. The number of aryl methyl sites for hydroxylation is 1. The van der Waals surface area contributed by atoms with Gasteiger partial charge in [-0.05, 0) is 37.3 Å². The fourth-order valence-corrected chi connectivity index (χ4v) is 1.94. The van der Waals surface area contributed by atoms with Gasteiger partial charge in [0.1, 0.15) is 0 Å². The molecule has 0 saturated heterocycles. The molecule has 0 atom stereocenters. The third-order valence-corrected chi connectivity index (χ3v) is 3.00. The number of carbonyl (C=O) groups excluding carboxylic acids is 2. The van der Waals surface area contributed by atoms with Crippen molar-refractivity contribution in [1.82, 2.24) is 5.32 Å². The molecule has 0 aromatic heterocycles. The number of amides is 2. The molecule has 4 heteroatoms. The number of rotatable bonds is 4. The van der Waals surface area contributed by atoms with Crippen LogP contribution >= 0.6 is 0 Å². The van der Waals surface area contributed by atoms with Crippen LogP contribution in [0.2, 0.25) is 0 Å². The van der Waals surface area contributed by atoms with Crippen molar-refractivity contribution in [2.75, 3.05) is 11.9 Å². The highest BCUT2D eigenvalue weighted by atomic mass is 16.2. The second kappa shape index (κ2) is 7.09. The molecule has 0 heterocycles. The molecule has 4 nitrogen and oxygen atoms in total. The summed E-state index contributed by atoms with van der Waals surface area (Å²) in [6, 6.07) is 14.1. The molecule has 0 bridgehead atoms. The van der Waals surface area contributed by atoms with E-state index in [-0.39, 0.29) is 18.4 Å². The van der Waals surface area contributed by atoms with E-state index in [2.05, 4.69) is 16.6 Å². The monoisotopic (exact) mass is 292 g/mol. The summed E-state index contributed by atoms with van der Waals surface area (Å²) in [5.41, 5.74) is 2.80. The van der Waals surface area contributed by atoms with Gasteiger partial charge in [-0.1, -0.05) is 29.7 Å². The lowest BCUT2D eigenvalue weighted by Crippen LogP contribution is -2.32. The van der Waals surface area contributed by atoms with E-state index in [1.54, 1.807) is 42.5 Å². The van der Waals surface area contributed by atoms with Crippen LogP contribution in [0.25, 0.3) is 0 Å². The molecule has 2 rings (SSSR count). The molecule has 2 aromatic carbocycles. The number of hydrogen-bond acceptors (Lipinski definition) is 2. The van der Waals surface area contributed by atoms with Gasteiger partial charge in [-0.3, -0.25) is 9.59 Å². The first-order valence-electron chi connectivity index (χ1n) is 6.80. The predicted molar refractivity (Wildman–Crippen MR) is 86.5 cm³/mol. The Bertz CT molecular complexity index is 745. The van der Waals surface area contributed by atoms with Crippen LogP contribution in [0.1, 0.15) is 21.5 Å². The van der Waals surface area contributed by atoms with Gasteiger partial charge in [0.15, 0.2) is 0 Å². The van der Waals surface area contributed by atoms with E-state index in [1.165, 1.54) is 0 Å². The summed E-state index contributed by atoms with van der Waals surface area (Å²) >= 11 is 0. The van der Waals surface area contributed by atoms with Crippen molar-refractivity contribution in [3.05, 3.63) is 65.2 Å². The lowest BCUT2D eigenvalue weighted by Gasteiger charge is -2.07. The minimum absolute atomic E-state index is 0.104. The number of hydrogen-bond donors (Lipinski definition) is 2. The third kappa shape index (κ3) is 4.22. The molecule has 0 aliphatic carbocycles. The number of terminal acetylenes is 1. The van der Waals surface area contributed by atoms with Crippen LogP contribution in [0.15, 0.2) is 48.5 Å². The zero-order valence-electron chi connectivity index (χ0n) is 12.2. The van der Waals surface area contributed by atoms with Gasteiger partial charge in [0, 0.05) is 16.8 Å². The molecule has 0 aliphatic rings. The minimum Gasteiger partial charge on any atom is -0.343 e. The van der Waals surface area contributed by atoms with Crippen LogP contribution in [0.5, 0.6) is 0 Å². The Hall–Kier alpha value is -3.06. The molecule has 2 aromatic rings. The van der Waals surface area contributed by atoms with Crippen molar-refractivity contribution >= 4 is 17.5 Å². The molecule has 0 radical (unpaired) electrons. The second-order valence-corrected chi connectivity index (χ2v) is 4.83. The summed E-state index contributed by atoms with van der Waals surface area (Å²) in [6.45, 7) is 1.80. The van der Waals surface area contributed by atoms with Gasteiger partial charge in [-0.25, -0.2) is 0 Å². The van der Waals surface area contributed by atoms with Crippen molar-refractivity contribution in [1.29, 1.82) is 0 Å². The van der Waals surface area contributed by atoms with Gasteiger partial charge in [0.2, 0.25) is 5.91 Å². The van der Waals surface area contributed by atoms with E-state index in [1.807, 2.05) is 13.0 Å². The number of carbonyl (C=O) groups is 2. The summed E-state index contributed by atoms with van der Waals surface area (Å²) in [5, 5.41) is 5.27. The van der Waals surface area contributed by atoms with E-state index in [4.69, 9.17) is 6.42 Å². The minimum atomic E-state index is -0.310. The first-order chi connectivity index (χ1) is 10.6. The molecular formula is C18H16N2O2. The summed E-state index contributed by atoms with van der Waals surface area (Å²) in [4.78, 5) is 23.8. The van der Waals surface area contributed by atoms with E-state index < -0.39 is 0 Å². The molecule has 0 unspecified atom stereocenters. The summed E-state index contributed by atoms with van der Waals surface area (Å²) < 4.78 is 0. The van der Waals surface area contributed by atoms with Crippen LogP contribution in [0.4, 0.5) is 5.69 Å². The normalized spacial score (nSPS) is 9.64. The Morgan fingerprint density at radius 3 is 2.64 bits per heavy atom. The Morgan fingerprint density at radius 2 is 1.91 bits per heavy atom. The first-order valence-corrected chi connectivity index (χ1v) is 6.80. The SMILES string of the molecule is C#Cc1cccc(NC(=O)CNC(=O)c2cccc(C)c2)c1. The highest BCUT2D eigenvalue weighted by Crippen LogP contribution is 2.09. The van der Waals surface area contributed by atoms with Crippen LogP contribution in [0.3, 0.4) is 0 Å². The Labute approximate surface area is 129 Å². The topological polar surface area (TPSA) is 58.2 Å². The zero-order valence-corrected chi connectivity index (χ0v) is 12.2. The van der Waals surface area contributed by atoms with Gasteiger partial charge >= 0.3 is 0 Å². The van der Waals surface area contributed by atoms with Crippen molar-refractivity contribution in [3.8, 4) is 12.3 Å². The van der Waals surface area contributed by atoms with Crippen LogP contribution < -0.4 is 10.6 Å². The maximum Gasteiger partial charge on any atom is 0.251 e. The van der Waals surface area contributed by atoms with Gasteiger partial charge in [-0.2, -0.15) is 0 Å². The standard InChI is InChI=1S/C18H16N2O2/c1-3-14-7-5-9-16(11-14)20-17(21)12-19-18(22)15-8-4-6-13(2)10-15/h1,4-11H,12H2,2H3,(H,19,22)(H,20,21). The van der Waals surface area contributed by atoms with Crippen molar-refractivity contribution in [2.45, 2.75) is 6.92 Å². The summed E-state index contributed by atoms with van der Waals surface area (Å²) in [6.07, 6.45) is 5.30. The molecule has 0 aliphatic heterocycles. The fraction of sp³-hybridized carbons (Fsp3) is 0.111. The maximum atomic E-state index is 11.9. The highest BCUT2D eigenvalue weighted by molar-refractivity contribution is 5.99. The molecule has 0 fully saturated rings. The summed E-state index contributed by atoms with van der Waals surface area (Å²) in [7, 11) is 0. The van der Waals surface area contributed by atoms with Crippen molar-refractivity contribution in [2.24, 2.45) is 0 Å². The van der Waals surface area contributed by atoms with E-state index in [0.717, 1.165) is 5.56 Å². The van der Waals surface area contributed by atoms with Crippen LogP contribution in [-0.4, -0.2) is 18.4 Å². The predicted octanol–water partition coefficient (Wildman–Crippen LogP) is 2.34. The molecule has 22 heavy (non-hydrogen) atoms. The lowest BCUT2D eigenvalue weighted by atomic mass is 10.1. The first kappa shape index (κ1) is 15.3. The summed E-state index contributed by atoms with van der Waals surface area (Å²) in [5.74, 6) is 1.91. The molecule has 110 valence electrons. The lowest BCUT2D eigenvalue weighted by molar-refractivity contribution is -0.115.